The molecule has 0 saturated carbocycles. The molecular formula is C46H94N2O6P+. The van der Waals surface area contributed by atoms with Crippen molar-refractivity contribution < 1.29 is 32.9 Å². The first kappa shape index (κ1) is 54.2. The van der Waals surface area contributed by atoms with E-state index < -0.39 is 20.0 Å². The van der Waals surface area contributed by atoms with Gasteiger partial charge in [-0.15, -0.1) is 0 Å². The molecule has 0 aliphatic heterocycles. The molecule has 1 unspecified atom stereocenters. The number of allylic oxidation sites excluding steroid dienone is 1. The average molecular weight is 802 g/mol. The topological polar surface area (TPSA) is 105 Å². The highest BCUT2D eigenvalue weighted by Crippen LogP contribution is 2.43. The Kier molecular flexibility index (Phi) is 38.2. The lowest BCUT2D eigenvalue weighted by Gasteiger charge is -2.25. The molecule has 0 bridgehead atoms. The van der Waals surface area contributed by atoms with Crippen LogP contribution in [-0.4, -0.2) is 73.4 Å². The van der Waals surface area contributed by atoms with E-state index in [-0.39, 0.29) is 19.1 Å². The fourth-order valence-electron chi connectivity index (χ4n) is 6.98. The van der Waals surface area contributed by atoms with Gasteiger partial charge in [-0.1, -0.05) is 212 Å². The van der Waals surface area contributed by atoms with Gasteiger partial charge in [0.05, 0.1) is 39.9 Å². The fourth-order valence-corrected chi connectivity index (χ4v) is 7.72. The second-order valence-corrected chi connectivity index (χ2v) is 18.9. The van der Waals surface area contributed by atoms with Crippen LogP contribution in [0.15, 0.2) is 12.2 Å². The van der Waals surface area contributed by atoms with Crippen LogP contribution in [-0.2, 0) is 18.4 Å². The number of likely N-dealkylation sites (N-methyl/N-ethyl adjacent to an activating group) is 1. The van der Waals surface area contributed by atoms with Crippen molar-refractivity contribution in [3.8, 4) is 0 Å². The van der Waals surface area contributed by atoms with Crippen LogP contribution < -0.4 is 5.32 Å². The Balaban J connectivity index is 4.29. The number of nitrogens with one attached hydrogen (secondary N) is 1. The lowest BCUT2D eigenvalue weighted by molar-refractivity contribution is -0.870. The summed E-state index contributed by atoms with van der Waals surface area (Å²) in [5, 5.41) is 13.8. The first-order valence-corrected chi connectivity index (χ1v) is 25.1. The fraction of sp³-hybridized carbons (Fsp3) is 0.935. The zero-order chi connectivity index (χ0) is 40.7. The Bertz CT molecular complexity index is 911. The molecule has 3 atom stereocenters. The average Bonchev–Trinajstić information content (AvgIpc) is 3.13. The third-order valence-electron chi connectivity index (χ3n) is 10.8. The molecule has 0 fully saturated rings. The summed E-state index contributed by atoms with van der Waals surface area (Å²) in [4.78, 5) is 23.1. The van der Waals surface area contributed by atoms with Gasteiger partial charge in [-0.05, 0) is 19.3 Å². The number of phosphoric acid groups is 1. The van der Waals surface area contributed by atoms with Crippen molar-refractivity contribution in [2.24, 2.45) is 0 Å². The zero-order valence-corrected chi connectivity index (χ0v) is 38.1. The Morgan fingerprint density at radius 3 is 1.35 bits per heavy atom. The maximum atomic E-state index is 12.9. The van der Waals surface area contributed by atoms with E-state index in [2.05, 4.69) is 19.2 Å². The largest absolute Gasteiger partial charge is 0.472 e. The number of hydrogen-bond donors (Lipinski definition) is 3. The summed E-state index contributed by atoms with van der Waals surface area (Å²) in [5.74, 6) is -0.174. The van der Waals surface area contributed by atoms with Crippen LogP contribution in [0.3, 0.4) is 0 Å². The van der Waals surface area contributed by atoms with E-state index in [0.29, 0.717) is 17.4 Å². The smallest absolute Gasteiger partial charge is 0.387 e. The third kappa shape index (κ3) is 41.2. The molecular weight excluding hydrogens is 707 g/mol. The van der Waals surface area contributed by atoms with Gasteiger partial charge in [0.15, 0.2) is 0 Å². The maximum absolute atomic E-state index is 12.9. The Morgan fingerprint density at radius 2 is 0.964 bits per heavy atom. The summed E-state index contributed by atoms with van der Waals surface area (Å²) in [7, 11) is 1.58. The molecule has 0 spiro atoms. The minimum Gasteiger partial charge on any atom is -0.387 e. The van der Waals surface area contributed by atoms with E-state index in [9.17, 15) is 19.4 Å². The van der Waals surface area contributed by atoms with Gasteiger partial charge in [0.2, 0.25) is 5.91 Å². The van der Waals surface area contributed by atoms with Crippen LogP contribution >= 0.6 is 7.82 Å². The summed E-state index contributed by atoms with van der Waals surface area (Å²) in [6, 6.07) is -0.839. The quantitative estimate of drug-likeness (QED) is 0.0245. The van der Waals surface area contributed by atoms with Gasteiger partial charge in [0, 0.05) is 6.42 Å². The number of quaternary nitrogens is 1. The highest BCUT2D eigenvalue weighted by Gasteiger charge is 2.27. The number of carbonyl (C=O) groups is 1. The van der Waals surface area contributed by atoms with Gasteiger partial charge in [-0.2, -0.15) is 0 Å². The molecule has 0 heterocycles. The Labute approximate surface area is 342 Å². The highest BCUT2D eigenvalue weighted by atomic mass is 31.2. The normalized spacial score (nSPS) is 14.4. The number of amides is 1. The van der Waals surface area contributed by atoms with E-state index in [4.69, 9.17) is 9.05 Å². The molecule has 0 aliphatic carbocycles. The summed E-state index contributed by atoms with van der Waals surface area (Å²) in [5.41, 5.74) is 0. The van der Waals surface area contributed by atoms with E-state index in [0.717, 1.165) is 38.5 Å². The molecule has 328 valence electrons. The molecule has 0 saturated heterocycles. The van der Waals surface area contributed by atoms with Crippen LogP contribution in [0.2, 0.25) is 0 Å². The second kappa shape index (κ2) is 38.7. The number of hydrogen-bond acceptors (Lipinski definition) is 5. The summed E-state index contributed by atoms with van der Waals surface area (Å²) >= 11 is 0. The van der Waals surface area contributed by atoms with Crippen LogP contribution in [0, 0.1) is 0 Å². The van der Waals surface area contributed by atoms with Crippen LogP contribution in [0.5, 0.6) is 0 Å². The number of aliphatic hydroxyl groups is 1. The molecule has 0 aromatic rings. The highest BCUT2D eigenvalue weighted by molar-refractivity contribution is 7.47. The van der Waals surface area contributed by atoms with Crippen LogP contribution in [0.4, 0.5) is 0 Å². The minimum atomic E-state index is -4.33. The van der Waals surface area contributed by atoms with Crippen molar-refractivity contribution in [3.05, 3.63) is 12.2 Å². The van der Waals surface area contributed by atoms with Gasteiger partial charge < -0.3 is 19.8 Å². The number of aliphatic hydroxyl groups excluding tert-OH is 1. The van der Waals surface area contributed by atoms with Gasteiger partial charge >= 0.3 is 7.82 Å². The van der Waals surface area contributed by atoms with E-state index in [1.165, 1.54) is 167 Å². The molecule has 9 heteroatoms. The maximum Gasteiger partial charge on any atom is 0.472 e. The van der Waals surface area contributed by atoms with Crippen LogP contribution in [0.1, 0.15) is 226 Å². The molecule has 0 rings (SSSR count). The predicted octanol–water partition coefficient (Wildman–Crippen LogP) is 13.1. The minimum absolute atomic E-state index is 0.0646. The summed E-state index contributed by atoms with van der Waals surface area (Å²) in [6.07, 6.45) is 44.2. The predicted molar refractivity (Wildman–Crippen MR) is 235 cm³/mol. The van der Waals surface area contributed by atoms with Crippen molar-refractivity contribution in [1.29, 1.82) is 0 Å². The molecule has 0 aromatic carbocycles. The van der Waals surface area contributed by atoms with E-state index in [1.54, 1.807) is 6.08 Å². The Morgan fingerprint density at radius 1 is 0.600 bits per heavy atom. The van der Waals surface area contributed by atoms with Crippen molar-refractivity contribution in [3.63, 3.8) is 0 Å². The molecule has 3 N–H and O–H groups in total. The lowest BCUT2D eigenvalue weighted by Crippen LogP contribution is -2.45. The van der Waals surface area contributed by atoms with E-state index in [1.807, 2.05) is 27.2 Å². The lowest BCUT2D eigenvalue weighted by atomic mass is 10.0. The number of unbranched alkanes of at least 4 members (excludes halogenated alkanes) is 30. The van der Waals surface area contributed by atoms with Gasteiger partial charge in [0.1, 0.15) is 13.2 Å². The van der Waals surface area contributed by atoms with Crippen molar-refractivity contribution in [1.82, 2.24) is 5.32 Å². The number of phosphoric ester groups is 1. The molecule has 55 heavy (non-hydrogen) atoms. The number of carbonyl (C=O) groups excluding carboxylic acids is 1. The van der Waals surface area contributed by atoms with Crippen molar-refractivity contribution in [2.75, 3.05) is 40.9 Å². The number of rotatable bonds is 43. The van der Waals surface area contributed by atoms with Crippen LogP contribution in [0.25, 0.3) is 0 Å². The summed E-state index contributed by atoms with van der Waals surface area (Å²) in [6.45, 7) is 4.83. The monoisotopic (exact) mass is 802 g/mol. The van der Waals surface area contributed by atoms with Crippen molar-refractivity contribution >= 4 is 13.7 Å². The standard InChI is InChI=1S/C46H93N2O6P/c1-6-8-10-12-14-16-18-20-21-22-23-24-25-26-28-30-32-34-36-38-40-46(50)47-44(43-54-55(51,52)53-42-41-48(3,4)5)45(49)39-37-35-33-31-29-27-19-17-15-13-11-9-7-2/h37,39,44-45,49H,6-36,38,40-43H2,1-5H3,(H-,47,50,51,52)/p+1/b39-37+/t44-,45+/m0/s1. The first-order chi connectivity index (χ1) is 26.5. The van der Waals surface area contributed by atoms with Gasteiger partial charge in [0.25, 0.3) is 0 Å². The summed E-state index contributed by atoms with van der Waals surface area (Å²) < 4.78 is 23.6. The molecule has 1 amide bonds. The Hall–Kier alpha value is -0.760. The third-order valence-corrected chi connectivity index (χ3v) is 11.7. The second-order valence-electron chi connectivity index (χ2n) is 17.5. The van der Waals surface area contributed by atoms with Gasteiger partial charge in [-0.3, -0.25) is 13.8 Å². The zero-order valence-electron chi connectivity index (χ0n) is 37.2. The molecule has 8 nitrogen and oxygen atoms in total. The molecule has 0 radical (unpaired) electrons. The van der Waals surface area contributed by atoms with Gasteiger partial charge in [-0.25, -0.2) is 4.57 Å². The number of nitrogens with zero attached hydrogens (tertiary/aromatic N) is 1. The molecule has 0 aromatic heterocycles. The van der Waals surface area contributed by atoms with Crippen molar-refractivity contribution in [2.45, 2.75) is 238 Å². The molecule has 0 aliphatic rings. The van der Waals surface area contributed by atoms with E-state index >= 15 is 0 Å². The SMILES string of the molecule is CCCCCCCCCCCCC/C=C/[C@@H](O)[C@H](COP(=O)(O)OCC[N+](C)(C)C)NC(=O)CCCCCCCCCCCCCCCCCCCCCC. The first-order valence-electron chi connectivity index (χ1n) is 23.6.